The Hall–Kier alpha value is -2.51. The van der Waals surface area contributed by atoms with Crippen LogP contribution in [-0.2, 0) is 9.59 Å². The van der Waals surface area contributed by atoms with Gasteiger partial charge in [0.2, 0.25) is 11.8 Å². The summed E-state index contributed by atoms with van der Waals surface area (Å²) in [5.74, 6) is -0.299. The normalized spacial score (nSPS) is 18.9. The second-order valence-corrected chi connectivity index (χ2v) is 4.26. The van der Waals surface area contributed by atoms with Crippen LogP contribution in [0.3, 0.4) is 0 Å². The zero-order valence-corrected chi connectivity index (χ0v) is 10.2. The van der Waals surface area contributed by atoms with E-state index in [1.807, 2.05) is 0 Å². The van der Waals surface area contributed by atoms with Gasteiger partial charge in [-0.15, -0.1) is 0 Å². The third-order valence-corrected chi connectivity index (χ3v) is 2.82. The second kappa shape index (κ2) is 5.01. The Kier molecular flexibility index (Phi) is 3.41. The highest BCUT2D eigenvalue weighted by atomic mass is 16.6. The van der Waals surface area contributed by atoms with Gasteiger partial charge in [-0.3, -0.25) is 25.0 Å². The predicted molar refractivity (Wildman–Crippen MR) is 65.4 cm³/mol. The Morgan fingerprint density at radius 2 is 2.26 bits per heavy atom. The molecule has 1 atom stereocenters. The number of imide groups is 1. The third-order valence-electron chi connectivity index (χ3n) is 2.82. The monoisotopic (exact) mass is 264 g/mol. The molecule has 100 valence electrons. The van der Waals surface area contributed by atoms with Crippen molar-refractivity contribution in [2.75, 3.05) is 5.32 Å². The van der Waals surface area contributed by atoms with E-state index in [9.17, 15) is 19.7 Å². The van der Waals surface area contributed by atoms with Crippen LogP contribution in [0, 0.1) is 17.0 Å². The molecule has 0 spiro atoms. The highest BCUT2D eigenvalue weighted by Gasteiger charge is 2.27. The van der Waals surface area contributed by atoms with E-state index in [2.05, 4.69) is 15.6 Å². The van der Waals surface area contributed by atoms with Crippen LogP contribution in [0.25, 0.3) is 0 Å². The number of nitrogens with one attached hydrogen (secondary N) is 2. The van der Waals surface area contributed by atoms with Crippen LogP contribution in [0.4, 0.5) is 11.5 Å². The Balaban J connectivity index is 2.13. The average molecular weight is 264 g/mol. The van der Waals surface area contributed by atoms with Crippen molar-refractivity contribution in [1.82, 2.24) is 10.3 Å². The van der Waals surface area contributed by atoms with Crippen molar-refractivity contribution >= 4 is 23.3 Å². The lowest BCUT2D eigenvalue weighted by Gasteiger charge is -2.22. The minimum atomic E-state index is -0.551. The number of nitrogens with zero attached hydrogens (tertiary/aromatic N) is 2. The lowest BCUT2D eigenvalue weighted by atomic mass is 10.1. The number of pyridine rings is 1. The van der Waals surface area contributed by atoms with Crippen molar-refractivity contribution in [2.45, 2.75) is 25.8 Å². The van der Waals surface area contributed by atoms with Gasteiger partial charge in [-0.2, -0.15) is 0 Å². The summed E-state index contributed by atoms with van der Waals surface area (Å²) >= 11 is 0. The van der Waals surface area contributed by atoms with E-state index in [4.69, 9.17) is 0 Å². The number of aryl methyl sites for hydroxylation is 1. The number of carbonyl (C=O) groups is 2. The molecule has 1 aliphatic rings. The molecule has 1 unspecified atom stereocenters. The van der Waals surface area contributed by atoms with Gasteiger partial charge in [0.15, 0.2) is 0 Å². The van der Waals surface area contributed by atoms with E-state index in [0.717, 1.165) is 6.20 Å². The molecule has 1 fully saturated rings. The van der Waals surface area contributed by atoms with Crippen molar-refractivity contribution in [3.8, 4) is 0 Å². The first-order valence-electron chi connectivity index (χ1n) is 5.68. The van der Waals surface area contributed by atoms with E-state index >= 15 is 0 Å². The van der Waals surface area contributed by atoms with Crippen LogP contribution in [0.1, 0.15) is 18.4 Å². The maximum absolute atomic E-state index is 11.6. The van der Waals surface area contributed by atoms with Gasteiger partial charge in [-0.05, 0) is 18.9 Å². The average Bonchev–Trinajstić information content (AvgIpc) is 2.34. The fourth-order valence-electron chi connectivity index (χ4n) is 1.81. The van der Waals surface area contributed by atoms with Crippen molar-refractivity contribution in [3.63, 3.8) is 0 Å². The van der Waals surface area contributed by atoms with E-state index in [1.54, 1.807) is 6.92 Å². The molecule has 2 amide bonds. The van der Waals surface area contributed by atoms with E-state index in [1.165, 1.54) is 6.07 Å². The molecule has 8 nitrogen and oxygen atoms in total. The number of piperidine rings is 1. The number of rotatable bonds is 3. The third kappa shape index (κ3) is 2.84. The first-order chi connectivity index (χ1) is 8.97. The summed E-state index contributed by atoms with van der Waals surface area (Å²) in [6.07, 6.45) is 1.76. The molecular weight excluding hydrogens is 252 g/mol. The van der Waals surface area contributed by atoms with Gasteiger partial charge in [0.25, 0.3) is 5.69 Å². The van der Waals surface area contributed by atoms with Gasteiger partial charge < -0.3 is 5.32 Å². The predicted octanol–water partition coefficient (Wildman–Crippen LogP) is 0.515. The minimum absolute atomic E-state index is 0.105. The topological polar surface area (TPSA) is 114 Å². The minimum Gasteiger partial charge on any atom is -0.358 e. The summed E-state index contributed by atoms with van der Waals surface area (Å²) in [4.78, 5) is 36.6. The smallest absolute Gasteiger partial charge is 0.287 e. The molecule has 1 aliphatic heterocycles. The van der Waals surface area contributed by atoms with Crippen LogP contribution in [0.15, 0.2) is 12.3 Å². The van der Waals surface area contributed by atoms with E-state index in [0.29, 0.717) is 17.8 Å². The zero-order valence-electron chi connectivity index (χ0n) is 10.2. The Morgan fingerprint density at radius 1 is 1.53 bits per heavy atom. The number of carbonyl (C=O) groups excluding carboxylic acids is 2. The molecule has 19 heavy (non-hydrogen) atoms. The lowest BCUT2D eigenvalue weighted by Crippen LogP contribution is -2.47. The molecule has 2 rings (SSSR count). The van der Waals surface area contributed by atoms with E-state index in [-0.39, 0.29) is 18.0 Å². The fourth-order valence-corrected chi connectivity index (χ4v) is 1.81. The highest BCUT2D eigenvalue weighted by molar-refractivity contribution is 6.01. The number of aromatic nitrogens is 1. The van der Waals surface area contributed by atoms with Gasteiger partial charge in [0.05, 0.1) is 4.92 Å². The fraction of sp³-hybridized carbons (Fsp3) is 0.364. The number of amides is 2. The van der Waals surface area contributed by atoms with Crippen molar-refractivity contribution in [2.24, 2.45) is 0 Å². The highest BCUT2D eigenvalue weighted by Crippen LogP contribution is 2.20. The number of hydrogen-bond donors (Lipinski definition) is 2. The molecular formula is C11H12N4O4. The Labute approximate surface area is 108 Å². The molecule has 2 N–H and O–H groups in total. The standard InChI is InChI=1S/C11H12N4O4/c1-6-4-7(15(18)19)5-12-10(6)13-8-2-3-9(16)14-11(8)17/h4-5,8H,2-3H2,1H3,(H,12,13)(H,14,16,17). The summed E-state index contributed by atoms with van der Waals surface area (Å²) in [6.45, 7) is 1.66. The van der Waals surface area contributed by atoms with Crippen molar-refractivity contribution in [3.05, 3.63) is 27.9 Å². The maximum Gasteiger partial charge on any atom is 0.287 e. The SMILES string of the molecule is Cc1cc([N+](=O)[O-])cnc1NC1CCC(=O)NC1=O. The number of nitro groups is 1. The lowest BCUT2D eigenvalue weighted by molar-refractivity contribution is -0.385. The molecule has 1 saturated heterocycles. The molecule has 1 aromatic heterocycles. The largest absolute Gasteiger partial charge is 0.358 e. The zero-order chi connectivity index (χ0) is 14.0. The molecule has 0 saturated carbocycles. The summed E-state index contributed by atoms with van der Waals surface area (Å²) in [6, 6.07) is 0.826. The maximum atomic E-state index is 11.6. The van der Waals surface area contributed by atoms with Crippen LogP contribution in [0.2, 0.25) is 0 Å². The molecule has 2 heterocycles. The summed E-state index contributed by atoms with van der Waals surface area (Å²) < 4.78 is 0. The second-order valence-electron chi connectivity index (χ2n) is 4.26. The van der Waals surface area contributed by atoms with Gasteiger partial charge in [-0.1, -0.05) is 0 Å². The molecule has 8 heteroatoms. The van der Waals surface area contributed by atoms with Crippen LogP contribution in [0.5, 0.6) is 0 Å². The van der Waals surface area contributed by atoms with Crippen LogP contribution < -0.4 is 10.6 Å². The molecule has 0 aromatic carbocycles. The summed E-state index contributed by atoms with van der Waals surface area (Å²) in [5, 5.41) is 15.7. The van der Waals surface area contributed by atoms with Gasteiger partial charge >= 0.3 is 0 Å². The Bertz CT molecular complexity index is 558. The van der Waals surface area contributed by atoms with Gasteiger partial charge in [0.1, 0.15) is 18.1 Å². The molecule has 1 aromatic rings. The summed E-state index contributed by atoms with van der Waals surface area (Å²) in [7, 11) is 0. The molecule has 0 aliphatic carbocycles. The van der Waals surface area contributed by atoms with Crippen molar-refractivity contribution in [1.29, 1.82) is 0 Å². The van der Waals surface area contributed by atoms with Crippen LogP contribution in [-0.4, -0.2) is 27.8 Å². The summed E-state index contributed by atoms with van der Waals surface area (Å²) in [5.41, 5.74) is 0.463. The Morgan fingerprint density at radius 3 is 2.84 bits per heavy atom. The van der Waals surface area contributed by atoms with Gasteiger partial charge in [0, 0.05) is 12.5 Å². The first-order valence-corrected chi connectivity index (χ1v) is 5.68. The molecule has 0 bridgehead atoms. The van der Waals surface area contributed by atoms with Gasteiger partial charge in [-0.25, -0.2) is 4.98 Å². The number of anilines is 1. The van der Waals surface area contributed by atoms with Crippen LogP contribution >= 0.6 is 0 Å². The molecule has 0 radical (unpaired) electrons. The number of hydrogen-bond acceptors (Lipinski definition) is 6. The quantitative estimate of drug-likeness (QED) is 0.467. The first kappa shape index (κ1) is 12.9. The van der Waals surface area contributed by atoms with Crippen molar-refractivity contribution < 1.29 is 14.5 Å². The van der Waals surface area contributed by atoms with E-state index < -0.39 is 16.9 Å².